The molecule has 0 aromatic carbocycles. The quantitative estimate of drug-likeness (QED) is 0.535. The van der Waals surface area contributed by atoms with Gasteiger partial charge in [0.15, 0.2) is 0 Å². The van der Waals surface area contributed by atoms with Crippen LogP contribution in [0.25, 0.3) is 0 Å². The first-order valence-corrected chi connectivity index (χ1v) is 2.63. The first-order chi connectivity index (χ1) is 4.21. The maximum absolute atomic E-state index is 10.2. The Morgan fingerprint density at radius 3 is 2.44 bits per heavy atom. The van der Waals surface area contributed by atoms with E-state index in [4.69, 9.17) is 9.84 Å². The molecule has 0 saturated carbocycles. The summed E-state index contributed by atoms with van der Waals surface area (Å²) < 4.78 is 4.78. The van der Waals surface area contributed by atoms with Crippen LogP contribution >= 0.6 is 0 Å². The predicted molar refractivity (Wildman–Crippen MR) is 29.8 cm³/mol. The molecule has 3 nitrogen and oxygen atoms in total. The Labute approximate surface area is 52.6 Å². The minimum absolute atomic E-state index is 0.367. The van der Waals surface area contributed by atoms with E-state index in [1.54, 1.807) is 6.92 Å². The number of ether oxygens (including phenoxy) is 1. The normalized spacial score (nSPS) is 17.9. The Hall–Kier alpha value is -1.01. The van der Waals surface area contributed by atoms with Crippen molar-refractivity contribution < 1.29 is 14.6 Å². The molecule has 0 spiro atoms. The number of carboxylic acids is 1. The topological polar surface area (TPSA) is 46.5 Å². The zero-order valence-electron chi connectivity index (χ0n) is 4.97. The molecule has 1 rings (SSSR count). The van der Waals surface area contributed by atoms with Crippen LogP contribution in [-0.4, -0.2) is 23.3 Å². The summed E-state index contributed by atoms with van der Waals surface area (Å²) in [6.45, 7) is 2.10. The fraction of sp³-hybridized carbons (Fsp3) is 0.500. The highest BCUT2D eigenvalue weighted by Crippen LogP contribution is 2.18. The highest BCUT2D eigenvalue weighted by molar-refractivity contribution is 5.92. The van der Waals surface area contributed by atoms with Gasteiger partial charge in [-0.15, -0.1) is 0 Å². The molecule has 0 radical (unpaired) electrons. The van der Waals surface area contributed by atoms with Crippen molar-refractivity contribution in [1.82, 2.24) is 0 Å². The molecule has 0 heterocycles. The molecule has 0 saturated heterocycles. The van der Waals surface area contributed by atoms with Crippen molar-refractivity contribution in [2.45, 2.75) is 12.5 Å². The van der Waals surface area contributed by atoms with E-state index < -0.39 is 11.6 Å². The molecular formula is C6H6O3. The third kappa shape index (κ3) is 0.889. The predicted octanol–water partition coefficient (Wildman–Crippen LogP) is -0.137. The summed E-state index contributed by atoms with van der Waals surface area (Å²) in [6, 6.07) is 0. The minimum Gasteiger partial charge on any atom is -0.478 e. The van der Waals surface area contributed by atoms with Crippen molar-refractivity contribution in [3.05, 3.63) is 0 Å². The van der Waals surface area contributed by atoms with Crippen molar-refractivity contribution >= 4 is 5.97 Å². The van der Waals surface area contributed by atoms with Gasteiger partial charge in [0.1, 0.15) is 0 Å². The Morgan fingerprint density at radius 1 is 1.78 bits per heavy atom. The Balaban J connectivity index is 2.45. The largest absolute Gasteiger partial charge is 0.478 e. The van der Waals surface area contributed by atoms with Crippen LogP contribution in [0, 0.1) is 11.8 Å². The van der Waals surface area contributed by atoms with Crippen LogP contribution in [0.5, 0.6) is 0 Å². The van der Waals surface area contributed by atoms with Gasteiger partial charge in [0.25, 0.3) is 5.60 Å². The van der Waals surface area contributed by atoms with E-state index >= 15 is 0 Å². The molecule has 0 bridgehead atoms. The lowest BCUT2D eigenvalue weighted by Gasteiger charge is -2.06. The van der Waals surface area contributed by atoms with E-state index in [0.29, 0.717) is 6.61 Å². The maximum atomic E-state index is 10.2. The van der Waals surface area contributed by atoms with Crippen LogP contribution in [-0.2, 0) is 9.53 Å². The van der Waals surface area contributed by atoms with E-state index in [-0.39, 0.29) is 0 Å². The molecule has 1 aliphatic carbocycles. The number of hydrogen-bond donors (Lipinski definition) is 1. The summed E-state index contributed by atoms with van der Waals surface area (Å²) in [7, 11) is 0. The lowest BCUT2D eigenvalue weighted by atomic mass is 10.3. The first kappa shape index (κ1) is 6.12. The number of carbonyl (C=O) groups is 1. The third-order valence-corrected chi connectivity index (χ3v) is 1.01. The highest BCUT2D eigenvalue weighted by Gasteiger charge is 2.44. The van der Waals surface area contributed by atoms with Gasteiger partial charge in [-0.1, -0.05) is 0 Å². The van der Waals surface area contributed by atoms with Crippen molar-refractivity contribution in [2.24, 2.45) is 0 Å². The SMILES string of the molecule is CCOC1(C(=O)O)C#C1. The summed E-state index contributed by atoms with van der Waals surface area (Å²) >= 11 is 0. The molecule has 48 valence electrons. The fourth-order valence-corrected chi connectivity index (χ4v) is 0.514. The lowest BCUT2D eigenvalue weighted by molar-refractivity contribution is -0.150. The molecule has 0 aromatic rings. The molecule has 0 aromatic heterocycles. The van der Waals surface area contributed by atoms with Crippen LogP contribution in [0.4, 0.5) is 0 Å². The molecule has 9 heavy (non-hydrogen) atoms. The van der Waals surface area contributed by atoms with Gasteiger partial charge in [-0.25, -0.2) is 4.79 Å². The van der Waals surface area contributed by atoms with Gasteiger partial charge in [0.05, 0.1) is 0 Å². The van der Waals surface area contributed by atoms with Crippen LogP contribution in [0.15, 0.2) is 0 Å². The fourth-order valence-electron chi connectivity index (χ4n) is 0.514. The van der Waals surface area contributed by atoms with E-state index in [0.717, 1.165) is 0 Å². The summed E-state index contributed by atoms with van der Waals surface area (Å²) in [6.07, 6.45) is 0. The van der Waals surface area contributed by atoms with Gasteiger partial charge in [0.2, 0.25) is 0 Å². The summed E-state index contributed by atoms with van der Waals surface area (Å²) in [4.78, 5) is 10.2. The van der Waals surface area contributed by atoms with Crippen molar-refractivity contribution in [1.29, 1.82) is 0 Å². The lowest BCUT2D eigenvalue weighted by Crippen LogP contribution is -2.29. The van der Waals surface area contributed by atoms with Gasteiger partial charge >= 0.3 is 5.97 Å². The zero-order valence-corrected chi connectivity index (χ0v) is 4.97. The Kier molecular flexibility index (Phi) is 1.19. The van der Waals surface area contributed by atoms with E-state index in [2.05, 4.69) is 11.8 Å². The highest BCUT2D eigenvalue weighted by atomic mass is 16.5. The van der Waals surface area contributed by atoms with Crippen LogP contribution < -0.4 is 0 Å². The molecule has 1 N–H and O–H groups in total. The van der Waals surface area contributed by atoms with E-state index in [9.17, 15) is 4.79 Å². The summed E-state index contributed by atoms with van der Waals surface area (Å²) in [5.41, 5.74) is -1.28. The van der Waals surface area contributed by atoms with Crippen LogP contribution in [0.2, 0.25) is 0 Å². The first-order valence-electron chi connectivity index (χ1n) is 2.63. The summed E-state index contributed by atoms with van der Waals surface area (Å²) in [5.74, 6) is 3.72. The van der Waals surface area contributed by atoms with Gasteiger partial charge in [-0.05, 0) is 18.8 Å². The molecule has 0 unspecified atom stereocenters. The number of rotatable bonds is 3. The molecule has 0 amide bonds. The van der Waals surface area contributed by atoms with Crippen molar-refractivity contribution in [3.63, 3.8) is 0 Å². The van der Waals surface area contributed by atoms with Crippen molar-refractivity contribution in [2.75, 3.05) is 6.61 Å². The second-order valence-electron chi connectivity index (χ2n) is 1.67. The van der Waals surface area contributed by atoms with Crippen molar-refractivity contribution in [3.8, 4) is 11.8 Å². The maximum Gasteiger partial charge on any atom is 0.362 e. The zero-order chi connectivity index (χ0) is 6.91. The van der Waals surface area contributed by atoms with E-state index in [1.807, 2.05) is 0 Å². The standard InChI is InChI=1S/C6H6O3/c1-2-9-6(3-4-6)5(7)8/h2H2,1H3,(H,7,8). The van der Waals surface area contributed by atoms with Crippen LogP contribution in [0.3, 0.4) is 0 Å². The molecule has 0 aliphatic heterocycles. The summed E-state index contributed by atoms with van der Waals surface area (Å²) in [5, 5.41) is 8.38. The molecule has 0 fully saturated rings. The van der Waals surface area contributed by atoms with Gasteiger partial charge < -0.3 is 9.84 Å². The Bertz CT molecular complexity index is 188. The minimum atomic E-state index is -1.28. The van der Waals surface area contributed by atoms with E-state index in [1.165, 1.54) is 0 Å². The van der Waals surface area contributed by atoms with Gasteiger partial charge in [-0.3, -0.25) is 0 Å². The van der Waals surface area contributed by atoms with Crippen LogP contribution in [0.1, 0.15) is 6.92 Å². The second-order valence-corrected chi connectivity index (χ2v) is 1.67. The second kappa shape index (κ2) is 1.74. The smallest absolute Gasteiger partial charge is 0.362 e. The molecule has 3 heteroatoms. The van der Waals surface area contributed by atoms with Gasteiger partial charge in [-0.2, -0.15) is 0 Å². The average Bonchev–Trinajstić information content (AvgIpc) is 2.49. The monoisotopic (exact) mass is 126 g/mol. The third-order valence-electron chi connectivity index (χ3n) is 1.01. The van der Waals surface area contributed by atoms with Gasteiger partial charge in [0, 0.05) is 6.61 Å². The number of carboxylic acid groups (broad SMARTS) is 1. The number of hydrogen-bond acceptors (Lipinski definition) is 2. The molecule has 0 atom stereocenters. The molecule has 1 aliphatic rings. The average molecular weight is 126 g/mol. The number of aliphatic carboxylic acids is 1. The molecular weight excluding hydrogens is 120 g/mol. The Morgan fingerprint density at radius 2 is 2.33 bits per heavy atom.